The number of nitrogens with one attached hydrogen (secondary N) is 1. The second-order valence-corrected chi connectivity index (χ2v) is 11.8. The predicted octanol–water partition coefficient (Wildman–Crippen LogP) is 4.64. The fraction of sp³-hybridized carbons (Fsp3) is 0.400. The third-order valence-corrected chi connectivity index (χ3v) is 9.34. The van der Waals surface area contributed by atoms with Crippen LogP contribution in [0.5, 0.6) is 0 Å². The Hall–Kier alpha value is -1.80. The van der Waals surface area contributed by atoms with Crippen LogP contribution in [0.4, 0.5) is 22.0 Å². The molecule has 34 heavy (non-hydrogen) atoms. The molecule has 1 aliphatic rings. The molecule has 1 aliphatic carbocycles. The minimum atomic E-state index is -4.81. The van der Waals surface area contributed by atoms with Gasteiger partial charge in [-0.05, 0) is 68.1 Å². The van der Waals surface area contributed by atoms with Gasteiger partial charge in [0.1, 0.15) is 22.9 Å². The summed E-state index contributed by atoms with van der Waals surface area (Å²) in [5.41, 5.74) is -0.432. The van der Waals surface area contributed by atoms with E-state index in [0.717, 1.165) is 18.2 Å². The summed E-state index contributed by atoms with van der Waals surface area (Å²) in [4.78, 5) is -0.209. The summed E-state index contributed by atoms with van der Waals surface area (Å²) in [7, 11) is -9.16. The standard InChI is InChI=1S/C20H19ClF5NO5S2/c21-13-1-4-16(5-2-13)33(28,29)19(17-11-14(22)3-6-18(17)23)9-7-15(8-10-19)32-34(30,31)27-12-20(24,25)26/h1-6,11,15,27H,7-10,12H2. The lowest BCUT2D eigenvalue weighted by Gasteiger charge is -2.39. The van der Waals surface area contributed by atoms with E-state index in [1.165, 1.54) is 29.0 Å². The Morgan fingerprint density at radius 1 is 1.00 bits per heavy atom. The molecule has 14 heteroatoms. The molecule has 2 aromatic carbocycles. The molecule has 0 bridgehead atoms. The molecular weight excluding hydrogens is 529 g/mol. The molecule has 0 aromatic heterocycles. The third kappa shape index (κ3) is 5.88. The van der Waals surface area contributed by atoms with E-state index in [0.29, 0.717) is 0 Å². The van der Waals surface area contributed by atoms with E-state index in [9.17, 15) is 38.8 Å². The number of rotatable bonds is 7. The van der Waals surface area contributed by atoms with Gasteiger partial charge in [0.2, 0.25) is 0 Å². The highest BCUT2D eigenvalue weighted by atomic mass is 35.5. The topological polar surface area (TPSA) is 89.5 Å². The summed E-state index contributed by atoms with van der Waals surface area (Å²) in [6.07, 6.45) is -7.27. The van der Waals surface area contributed by atoms with E-state index in [1.807, 2.05) is 0 Å². The maximum Gasteiger partial charge on any atom is 0.402 e. The van der Waals surface area contributed by atoms with Crippen molar-refractivity contribution in [2.75, 3.05) is 6.54 Å². The summed E-state index contributed by atoms with van der Waals surface area (Å²) < 4.78 is 121. The highest BCUT2D eigenvalue weighted by molar-refractivity contribution is 7.92. The van der Waals surface area contributed by atoms with Crippen molar-refractivity contribution in [3.05, 3.63) is 64.7 Å². The number of benzene rings is 2. The second-order valence-electron chi connectivity index (χ2n) is 7.76. The van der Waals surface area contributed by atoms with Crippen LogP contribution >= 0.6 is 11.6 Å². The van der Waals surface area contributed by atoms with E-state index in [1.54, 1.807) is 0 Å². The minimum absolute atomic E-state index is 0.209. The van der Waals surface area contributed by atoms with Crippen LogP contribution in [0.15, 0.2) is 47.4 Å². The van der Waals surface area contributed by atoms with Crippen LogP contribution in [0, 0.1) is 11.6 Å². The van der Waals surface area contributed by atoms with Gasteiger partial charge in [-0.1, -0.05) is 11.6 Å². The fourth-order valence-electron chi connectivity index (χ4n) is 3.91. The van der Waals surface area contributed by atoms with Gasteiger partial charge in [0.05, 0.1) is 11.0 Å². The fourth-order valence-corrected chi connectivity index (χ4v) is 7.16. The highest BCUT2D eigenvalue weighted by Crippen LogP contribution is 2.48. The van der Waals surface area contributed by atoms with Gasteiger partial charge < -0.3 is 0 Å². The smallest absolute Gasteiger partial charge is 0.255 e. The molecule has 0 heterocycles. The Kier molecular flexibility index (Phi) is 7.63. The molecule has 0 amide bonds. The van der Waals surface area contributed by atoms with Crippen molar-refractivity contribution in [3.63, 3.8) is 0 Å². The van der Waals surface area contributed by atoms with Crippen molar-refractivity contribution >= 4 is 31.7 Å². The quantitative estimate of drug-likeness (QED) is 0.510. The predicted molar refractivity (Wildman–Crippen MR) is 113 cm³/mol. The molecule has 0 aliphatic heterocycles. The first-order valence-electron chi connectivity index (χ1n) is 9.86. The molecular formula is C20H19ClF5NO5S2. The van der Waals surface area contributed by atoms with Gasteiger partial charge >= 0.3 is 16.5 Å². The average molecular weight is 548 g/mol. The van der Waals surface area contributed by atoms with Gasteiger partial charge in [0, 0.05) is 10.6 Å². The molecule has 1 saturated carbocycles. The largest absolute Gasteiger partial charge is 0.402 e. The molecule has 3 rings (SSSR count). The van der Waals surface area contributed by atoms with Crippen LogP contribution in [0.3, 0.4) is 0 Å². The van der Waals surface area contributed by atoms with Gasteiger partial charge in [0.25, 0.3) is 0 Å². The summed E-state index contributed by atoms with van der Waals surface area (Å²) in [5, 5.41) is 0.249. The van der Waals surface area contributed by atoms with Crippen LogP contribution in [0.2, 0.25) is 5.02 Å². The Morgan fingerprint density at radius 3 is 2.15 bits per heavy atom. The van der Waals surface area contributed by atoms with Crippen molar-refractivity contribution in [2.45, 2.75) is 47.6 Å². The van der Waals surface area contributed by atoms with Crippen molar-refractivity contribution < 1.29 is 43.0 Å². The summed E-state index contributed by atoms with van der Waals surface area (Å²) in [5.74, 6) is -1.85. The number of alkyl halides is 3. The molecule has 1 N–H and O–H groups in total. The van der Waals surface area contributed by atoms with E-state index in [4.69, 9.17) is 15.8 Å². The third-order valence-electron chi connectivity index (χ3n) is 5.51. The van der Waals surface area contributed by atoms with Crippen molar-refractivity contribution in [2.24, 2.45) is 0 Å². The summed E-state index contributed by atoms with van der Waals surface area (Å²) in [6.45, 7) is -1.84. The molecule has 1 fully saturated rings. The molecule has 0 unspecified atom stereocenters. The van der Waals surface area contributed by atoms with Crippen LogP contribution < -0.4 is 4.72 Å². The Balaban J connectivity index is 1.94. The van der Waals surface area contributed by atoms with Gasteiger partial charge in [-0.15, -0.1) is 0 Å². The first-order valence-corrected chi connectivity index (χ1v) is 13.1. The van der Waals surface area contributed by atoms with Crippen molar-refractivity contribution in [3.8, 4) is 0 Å². The molecule has 2 aromatic rings. The lowest BCUT2D eigenvalue weighted by Crippen LogP contribution is -2.44. The SMILES string of the molecule is O=S(=O)(NCC(F)(F)F)OC1CCC(c2cc(F)ccc2F)(S(=O)(=O)c2ccc(Cl)cc2)CC1. The first-order chi connectivity index (χ1) is 15.7. The lowest BCUT2D eigenvalue weighted by molar-refractivity contribution is -0.121. The zero-order valence-corrected chi connectivity index (χ0v) is 19.7. The Labute approximate surface area is 198 Å². The normalized spacial score (nSPS) is 22.0. The van der Waals surface area contributed by atoms with Crippen LogP contribution in [-0.2, 0) is 29.1 Å². The lowest BCUT2D eigenvalue weighted by atomic mass is 9.81. The van der Waals surface area contributed by atoms with E-state index < -0.39 is 60.9 Å². The monoisotopic (exact) mass is 547 g/mol. The molecule has 0 atom stereocenters. The first kappa shape index (κ1) is 26.8. The van der Waals surface area contributed by atoms with Crippen LogP contribution in [0.25, 0.3) is 0 Å². The van der Waals surface area contributed by atoms with Gasteiger partial charge in [0.15, 0.2) is 9.84 Å². The summed E-state index contributed by atoms with van der Waals surface area (Å²) >= 11 is 5.83. The van der Waals surface area contributed by atoms with Gasteiger partial charge in [-0.25, -0.2) is 17.2 Å². The maximum absolute atomic E-state index is 14.8. The molecule has 188 valence electrons. The Bertz CT molecular complexity index is 1240. The van der Waals surface area contributed by atoms with Crippen LogP contribution in [0.1, 0.15) is 31.2 Å². The van der Waals surface area contributed by atoms with Crippen molar-refractivity contribution in [1.29, 1.82) is 0 Å². The van der Waals surface area contributed by atoms with Crippen molar-refractivity contribution in [1.82, 2.24) is 4.72 Å². The Morgan fingerprint density at radius 2 is 1.59 bits per heavy atom. The van der Waals surface area contributed by atoms with E-state index >= 15 is 0 Å². The zero-order chi connectivity index (χ0) is 25.4. The second kappa shape index (κ2) is 9.69. The van der Waals surface area contributed by atoms with Crippen LogP contribution in [-0.4, -0.2) is 35.7 Å². The van der Waals surface area contributed by atoms with Gasteiger partial charge in [-0.2, -0.15) is 26.3 Å². The molecule has 0 saturated heterocycles. The zero-order valence-electron chi connectivity index (χ0n) is 17.3. The number of hydrogen-bond acceptors (Lipinski definition) is 5. The maximum atomic E-state index is 14.8. The number of sulfone groups is 1. The van der Waals surface area contributed by atoms with Gasteiger partial charge in [-0.3, -0.25) is 4.18 Å². The van der Waals surface area contributed by atoms with E-state index in [2.05, 4.69) is 0 Å². The van der Waals surface area contributed by atoms with E-state index in [-0.39, 0.29) is 35.6 Å². The number of hydrogen-bond donors (Lipinski definition) is 1. The molecule has 0 radical (unpaired) electrons. The summed E-state index contributed by atoms with van der Waals surface area (Å²) in [6, 6.07) is 7.45. The molecule has 6 nitrogen and oxygen atoms in total. The minimum Gasteiger partial charge on any atom is -0.255 e. The number of halogens is 6. The highest BCUT2D eigenvalue weighted by Gasteiger charge is 2.50. The average Bonchev–Trinajstić information content (AvgIpc) is 2.74. The molecule has 0 spiro atoms.